The number of piperidine rings is 1. The summed E-state index contributed by atoms with van der Waals surface area (Å²) in [4.78, 5) is 41.0. The third kappa shape index (κ3) is 4.56. The summed E-state index contributed by atoms with van der Waals surface area (Å²) in [6.45, 7) is 1.65. The van der Waals surface area contributed by atoms with Gasteiger partial charge in [-0.2, -0.15) is 0 Å². The van der Waals surface area contributed by atoms with Gasteiger partial charge in [0.05, 0.1) is 0 Å². The second-order valence-electron chi connectivity index (χ2n) is 7.80. The summed E-state index contributed by atoms with van der Waals surface area (Å²) < 4.78 is 0.973. The monoisotopic (exact) mass is 469 g/mol. The second kappa shape index (κ2) is 9.00. The highest BCUT2D eigenvalue weighted by Gasteiger charge is 2.40. The number of carbonyl (C=O) groups excluding carboxylic acids is 3. The van der Waals surface area contributed by atoms with Crippen LogP contribution in [0.1, 0.15) is 40.7 Å². The summed E-state index contributed by atoms with van der Waals surface area (Å²) in [6, 6.07) is 14.7. The molecule has 2 aliphatic heterocycles. The van der Waals surface area contributed by atoms with Gasteiger partial charge in [-0.15, -0.1) is 0 Å². The van der Waals surface area contributed by atoms with E-state index in [2.05, 4.69) is 21.2 Å². The maximum Gasteiger partial charge on any atom is 0.251 e. The first kappa shape index (κ1) is 20.6. The molecule has 0 aliphatic carbocycles. The molecule has 1 N–H and O–H groups in total. The van der Waals surface area contributed by atoms with Gasteiger partial charge < -0.3 is 15.1 Å². The molecule has 2 aromatic rings. The third-order valence-electron chi connectivity index (χ3n) is 5.68. The number of fused-ring (bicyclic) bond motifs is 1. The molecule has 6 nitrogen and oxygen atoms in total. The van der Waals surface area contributed by atoms with Gasteiger partial charge in [-0.05, 0) is 54.7 Å². The second-order valence-corrected chi connectivity index (χ2v) is 8.72. The van der Waals surface area contributed by atoms with Gasteiger partial charge in [0, 0.05) is 29.7 Å². The number of nitrogens with one attached hydrogen (secondary N) is 1. The van der Waals surface area contributed by atoms with Crippen molar-refractivity contribution in [2.75, 3.05) is 13.1 Å². The van der Waals surface area contributed by atoms with E-state index < -0.39 is 0 Å². The highest BCUT2D eigenvalue weighted by Crippen LogP contribution is 2.24. The number of amides is 3. The number of rotatable bonds is 5. The summed E-state index contributed by atoms with van der Waals surface area (Å²) in [5, 5.41) is 2.91. The van der Waals surface area contributed by atoms with Gasteiger partial charge in [-0.25, -0.2) is 0 Å². The van der Waals surface area contributed by atoms with Gasteiger partial charge in [0.15, 0.2) is 0 Å². The van der Waals surface area contributed by atoms with Gasteiger partial charge >= 0.3 is 0 Å². The van der Waals surface area contributed by atoms with E-state index in [0.717, 1.165) is 34.9 Å². The van der Waals surface area contributed by atoms with Crippen LogP contribution in [-0.4, -0.2) is 46.7 Å². The van der Waals surface area contributed by atoms with Gasteiger partial charge in [0.1, 0.15) is 12.6 Å². The fraction of sp³-hybridized carbons (Fsp3) is 0.348. The lowest BCUT2D eigenvalue weighted by molar-refractivity contribution is -0.158. The number of hydrogen-bond donors (Lipinski definition) is 1. The summed E-state index contributed by atoms with van der Waals surface area (Å²) in [5.74, 6) is -0.0865. The molecule has 0 spiro atoms. The lowest BCUT2D eigenvalue weighted by Crippen LogP contribution is -2.60. The molecule has 2 heterocycles. The molecule has 2 fully saturated rings. The lowest BCUT2D eigenvalue weighted by Gasteiger charge is -2.42. The van der Waals surface area contributed by atoms with Crippen LogP contribution >= 0.6 is 15.9 Å². The average molecular weight is 470 g/mol. The number of hydrogen-bond acceptors (Lipinski definition) is 3. The zero-order chi connectivity index (χ0) is 21.1. The Balaban J connectivity index is 1.35. The van der Waals surface area contributed by atoms with Crippen LogP contribution in [0.25, 0.3) is 0 Å². The first-order chi connectivity index (χ1) is 14.5. The minimum atomic E-state index is -0.303. The van der Waals surface area contributed by atoms with Gasteiger partial charge in [-0.1, -0.05) is 40.2 Å². The molecule has 0 saturated carbocycles. The molecule has 0 radical (unpaired) electrons. The van der Waals surface area contributed by atoms with Gasteiger partial charge in [0.2, 0.25) is 11.8 Å². The Hall–Kier alpha value is -2.67. The molecule has 0 unspecified atom stereocenters. The van der Waals surface area contributed by atoms with E-state index >= 15 is 0 Å². The number of halogens is 1. The van der Waals surface area contributed by atoms with Crippen LogP contribution in [0.15, 0.2) is 53.0 Å². The molecule has 4 rings (SSSR count). The lowest BCUT2D eigenvalue weighted by atomic mass is 9.98. The van der Waals surface area contributed by atoms with Crippen molar-refractivity contribution >= 4 is 33.7 Å². The van der Waals surface area contributed by atoms with E-state index in [4.69, 9.17) is 0 Å². The summed E-state index contributed by atoms with van der Waals surface area (Å²) in [6.07, 6.45) is 2.70. The Morgan fingerprint density at radius 1 is 1.07 bits per heavy atom. The molecule has 0 bridgehead atoms. The minimum absolute atomic E-state index is 0.0304. The summed E-state index contributed by atoms with van der Waals surface area (Å²) in [7, 11) is 0. The van der Waals surface area contributed by atoms with E-state index in [9.17, 15) is 14.4 Å². The van der Waals surface area contributed by atoms with E-state index in [-0.39, 0.29) is 30.3 Å². The predicted octanol–water partition coefficient (Wildman–Crippen LogP) is 3.10. The Kier molecular flexibility index (Phi) is 6.18. The largest absolute Gasteiger partial charge is 0.348 e. The van der Waals surface area contributed by atoms with E-state index in [0.29, 0.717) is 25.2 Å². The molecule has 156 valence electrons. The van der Waals surface area contributed by atoms with E-state index in [1.54, 1.807) is 21.9 Å². The SMILES string of the molecule is O=C(NCc1cccc(Br)c1)c1ccc(CN2CC(=O)N3CCCC[C@H]3C2=O)cc1. The Bertz CT molecular complexity index is 960. The van der Waals surface area contributed by atoms with Crippen LogP contribution in [0.4, 0.5) is 0 Å². The Morgan fingerprint density at radius 2 is 1.87 bits per heavy atom. The predicted molar refractivity (Wildman–Crippen MR) is 117 cm³/mol. The maximum absolute atomic E-state index is 12.8. The molecule has 3 amide bonds. The van der Waals surface area contributed by atoms with Crippen molar-refractivity contribution in [1.82, 2.24) is 15.1 Å². The van der Waals surface area contributed by atoms with Gasteiger partial charge in [0.25, 0.3) is 5.91 Å². The summed E-state index contributed by atoms with van der Waals surface area (Å²) in [5.41, 5.74) is 2.48. The molecule has 7 heteroatoms. The van der Waals surface area contributed by atoms with Crippen LogP contribution < -0.4 is 5.32 Å². The van der Waals surface area contributed by atoms with Crippen molar-refractivity contribution in [3.63, 3.8) is 0 Å². The molecular formula is C23H24BrN3O3. The van der Waals surface area contributed by atoms with Crippen LogP contribution in [0.5, 0.6) is 0 Å². The zero-order valence-corrected chi connectivity index (χ0v) is 18.2. The average Bonchev–Trinajstić information content (AvgIpc) is 2.76. The zero-order valence-electron chi connectivity index (χ0n) is 16.6. The topological polar surface area (TPSA) is 69.7 Å². The van der Waals surface area contributed by atoms with Gasteiger partial charge in [-0.3, -0.25) is 14.4 Å². The van der Waals surface area contributed by atoms with Crippen LogP contribution in [0.2, 0.25) is 0 Å². The number of carbonyl (C=O) groups is 3. The first-order valence-electron chi connectivity index (χ1n) is 10.2. The standard InChI is InChI=1S/C23H24BrN3O3/c24-19-5-3-4-17(12-19)13-25-22(29)18-9-7-16(8-10-18)14-26-15-21(28)27-11-2-1-6-20(27)23(26)30/h3-5,7-10,12,20H,1-2,6,11,13-15H2,(H,25,29)/t20-/m0/s1. The molecular weight excluding hydrogens is 446 g/mol. The van der Waals surface area contributed by atoms with Crippen LogP contribution in [-0.2, 0) is 22.7 Å². The van der Waals surface area contributed by atoms with E-state index in [1.165, 1.54) is 0 Å². The number of piperazine rings is 1. The molecule has 30 heavy (non-hydrogen) atoms. The summed E-state index contributed by atoms with van der Waals surface area (Å²) >= 11 is 3.43. The highest BCUT2D eigenvalue weighted by molar-refractivity contribution is 9.10. The number of nitrogens with zero attached hydrogens (tertiary/aromatic N) is 2. The fourth-order valence-corrected chi connectivity index (χ4v) is 4.52. The molecule has 2 saturated heterocycles. The Labute approximate surface area is 184 Å². The van der Waals surface area contributed by atoms with Crippen molar-refractivity contribution in [1.29, 1.82) is 0 Å². The quantitative estimate of drug-likeness (QED) is 0.731. The smallest absolute Gasteiger partial charge is 0.251 e. The molecule has 1 atom stereocenters. The molecule has 0 aromatic heterocycles. The first-order valence-corrected chi connectivity index (χ1v) is 11.0. The highest BCUT2D eigenvalue weighted by atomic mass is 79.9. The van der Waals surface area contributed by atoms with E-state index in [1.807, 2.05) is 36.4 Å². The third-order valence-corrected chi connectivity index (χ3v) is 6.17. The van der Waals surface area contributed by atoms with Crippen molar-refractivity contribution in [2.24, 2.45) is 0 Å². The van der Waals surface area contributed by atoms with Crippen molar-refractivity contribution in [3.8, 4) is 0 Å². The molecule has 2 aromatic carbocycles. The Morgan fingerprint density at radius 3 is 2.63 bits per heavy atom. The molecule has 2 aliphatic rings. The van der Waals surface area contributed by atoms with Crippen molar-refractivity contribution in [2.45, 2.75) is 38.4 Å². The maximum atomic E-state index is 12.8. The van der Waals surface area contributed by atoms with Crippen molar-refractivity contribution in [3.05, 3.63) is 69.7 Å². The van der Waals surface area contributed by atoms with Crippen molar-refractivity contribution < 1.29 is 14.4 Å². The minimum Gasteiger partial charge on any atom is -0.348 e. The van der Waals surface area contributed by atoms with Crippen LogP contribution in [0, 0.1) is 0 Å². The van der Waals surface area contributed by atoms with Crippen LogP contribution in [0.3, 0.4) is 0 Å². The fourth-order valence-electron chi connectivity index (χ4n) is 4.08. The number of benzene rings is 2. The normalized spacial score (nSPS) is 18.9.